The molecule has 1 aromatic carbocycles. The number of amides is 1. The van der Waals surface area contributed by atoms with E-state index in [1.165, 1.54) is 31.4 Å². The van der Waals surface area contributed by atoms with Crippen LogP contribution in [0.3, 0.4) is 0 Å². The van der Waals surface area contributed by atoms with Crippen LogP contribution in [-0.4, -0.2) is 27.0 Å². The van der Waals surface area contributed by atoms with Crippen molar-refractivity contribution < 1.29 is 17.9 Å². The summed E-state index contributed by atoms with van der Waals surface area (Å²) in [6, 6.07) is 5.57. The molecule has 0 atom stereocenters. The van der Waals surface area contributed by atoms with Gasteiger partial charge in [0.15, 0.2) is 0 Å². The lowest BCUT2D eigenvalue weighted by Gasteiger charge is -2.21. The summed E-state index contributed by atoms with van der Waals surface area (Å²) >= 11 is 0. The van der Waals surface area contributed by atoms with Crippen LogP contribution < -0.4 is 10.5 Å². The number of carbonyl (C=O) groups is 1. The minimum atomic E-state index is -3.72. The molecule has 7 heteroatoms. The fraction of sp³-hybridized carbons (Fsp3) is 0.364. The first-order valence-electron chi connectivity index (χ1n) is 5.16. The fourth-order valence-corrected chi connectivity index (χ4v) is 1.62. The minimum absolute atomic E-state index is 0.00787. The van der Waals surface area contributed by atoms with Crippen LogP contribution in [0.1, 0.15) is 13.8 Å². The van der Waals surface area contributed by atoms with Gasteiger partial charge in [-0.25, -0.2) is 13.6 Å². The van der Waals surface area contributed by atoms with Gasteiger partial charge in [-0.2, -0.15) is 0 Å². The van der Waals surface area contributed by atoms with E-state index in [4.69, 9.17) is 9.88 Å². The molecule has 0 aromatic heterocycles. The zero-order valence-electron chi connectivity index (χ0n) is 10.4. The molecule has 1 rings (SSSR count). The summed E-state index contributed by atoms with van der Waals surface area (Å²) in [5.74, 6) is -0.326. The average molecular weight is 272 g/mol. The third-order valence-electron chi connectivity index (χ3n) is 2.50. The third kappa shape index (κ3) is 3.52. The summed E-state index contributed by atoms with van der Waals surface area (Å²) in [7, 11) is -2.28. The number of carbonyl (C=O) groups excluding carboxylic acids is 1. The van der Waals surface area contributed by atoms with Gasteiger partial charge in [-0.15, -0.1) is 0 Å². The van der Waals surface area contributed by atoms with E-state index in [1.807, 2.05) is 0 Å². The Kier molecular flexibility index (Phi) is 4.10. The van der Waals surface area contributed by atoms with Crippen LogP contribution in [0.15, 0.2) is 29.2 Å². The monoisotopic (exact) mass is 272 g/mol. The molecular formula is C11H16N2O4S. The quantitative estimate of drug-likeness (QED) is 0.842. The third-order valence-corrected chi connectivity index (χ3v) is 3.43. The highest BCUT2D eigenvalue weighted by Crippen LogP contribution is 2.16. The van der Waals surface area contributed by atoms with Crippen molar-refractivity contribution in [3.05, 3.63) is 24.3 Å². The lowest BCUT2D eigenvalue weighted by molar-refractivity contribution is -0.133. The molecule has 0 unspecified atom stereocenters. The molecule has 6 nitrogen and oxygen atoms in total. The number of primary sulfonamides is 1. The summed E-state index contributed by atoms with van der Waals surface area (Å²) in [5, 5.41) is 7.58. The topological polar surface area (TPSA) is 98.5 Å². The maximum absolute atomic E-state index is 11.8. The first kappa shape index (κ1) is 14.6. The van der Waals surface area contributed by atoms with Gasteiger partial charge in [-0.05, 0) is 38.1 Å². The Morgan fingerprint density at radius 2 is 1.78 bits per heavy atom. The molecule has 0 radical (unpaired) electrons. The Hall–Kier alpha value is -1.44. The predicted octanol–water partition coefficient (Wildman–Crippen LogP) is 0.698. The Labute approximate surface area is 106 Å². The van der Waals surface area contributed by atoms with E-state index < -0.39 is 15.6 Å². The van der Waals surface area contributed by atoms with Crippen molar-refractivity contribution in [2.75, 3.05) is 12.4 Å². The van der Waals surface area contributed by atoms with E-state index in [2.05, 4.69) is 5.32 Å². The lowest BCUT2D eigenvalue weighted by atomic mass is 10.1. The first-order valence-corrected chi connectivity index (χ1v) is 6.71. The van der Waals surface area contributed by atoms with Crippen molar-refractivity contribution in [1.29, 1.82) is 0 Å². The number of nitrogens with one attached hydrogen (secondary N) is 1. The summed E-state index contributed by atoms with van der Waals surface area (Å²) < 4.78 is 27.1. The van der Waals surface area contributed by atoms with E-state index in [-0.39, 0.29) is 10.8 Å². The molecule has 100 valence electrons. The van der Waals surface area contributed by atoms with Crippen molar-refractivity contribution in [3.8, 4) is 0 Å². The number of hydrogen-bond acceptors (Lipinski definition) is 4. The van der Waals surface area contributed by atoms with Crippen molar-refractivity contribution in [2.45, 2.75) is 24.3 Å². The molecule has 1 aromatic rings. The summed E-state index contributed by atoms with van der Waals surface area (Å²) in [6.45, 7) is 3.25. The highest BCUT2D eigenvalue weighted by molar-refractivity contribution is 7.89. The van der Waals surface area contributed by atoms with Crippen molar-refractivity contribution in [2.24, 2.45) is 5.14 Å². The van der Waals surface area contributed by atoms with Crippen LogP contribution in [-0.2, 0) is 19.6 Å². The molecule has 3 N–H and O–H groups in total. The van der Waals surface area contributed by atoms with Crippen LogP contribution in [0.4, 0.5) is 5.69 Å². The zero-order chi connectivity index (χ0) is 14.0. The van der Waals surface area contributed by atoms with Crippen LogP contribution in [0.25, 0.3) is 0 Å². The molecule has 1 amide bonds. The van der Waals surface area contributed by atoms with Gasteiger partial charge in [0, 0.05) is 12.8 Å². The smallest absolute Gasteiger partial charge is 0.256 e. The Bertz CT molecular complexity index is 535. The molecule has 0 heterocycles. The van der Waals surface area contributed by atoms with Gasteiger partial charge >= 0.3 is 0 Å². The number of ether oxygens (including phenoxy) is 1. The summed E-state index contributed by atoms with van der Waals surface area (Å²) in [5.41, 5.74) is -0.490. The highest BCUT2D eigenvalue weighted by atomic mass is 32.2. The number of hydrogen-bond donors (Lipinski definition) is 2. The number of anilines is 1. The molecule has 0 saturated heterocycles. The van der Waals surface area contributed by atoms with E-state index in [9.17, 15) is 13.2 Å². The van der Waals surface area contributed by atoms with Crippen molar-refractivity contribution >= 4 is 21.6 Å². The number of sulfonamides is 1. The van der Waals surface area contributed by atoms with Gasteiger partial charge < -0.3 is 10.1 Å². The number of nitrogens with two attached hydrogens (primary N) is 1. The molecule has 0 spiro atoms. The van der Waals surface area contributed by atoms with Crippen LogP contribution in [0.2, 0.25) is 0 Å². The highest BCUT2D eigenvalue weighted by Gasteiger charge is 2.26. The van der Waals surface area contributed by atoms with Crippen LogP contribution >= 0.6 is 0 Å². The second-order valence-electron chi connectivity index (χ2n) is 4.24. The van der Waals surface area contributed by atoms with Crippen molar-refractivity contribution in [3.63, 3.8) is 0 Å². The molecular weight excluding hydrogens is 256 g/mol. The maximum atomic E-state index is 11.8. The van der Waals surface area contributed by atoms with Gasteiger partial charge in [0.25, 0.3) is 5.91 Å². The average Bonchev–Trinajstić information content (AvgIpc) is 2.28. The molecule has 0 bridgehead atoms. The van der Waals surface area contributed by atoms with Crippen LogP contribution in [0, 0.1) is 0 Å². The molecule has 0 aliphatic heterocycles. The standard InChI is InChI=1S/C11H16N2O4S/c1-11(2,17-3)10(14)13-8-4-6-9(7-5-8)18(12,15)16/h4-7H,1-3H3,(H,13,14)(H2,12,15,16). The number of methoxy groups -OCH3 is 1. The Balaban J connectivity index is 2.86. The lowest BCUT2D eigenvalue weighted by Crippen LogP contribution is -2.38. The van der Waals surface area contributed by atoms with E-state index >= 15 is 0 Å². The summed E-state index contributed by atoms with van der Waals surface area (Å²) in [6.07, 6.45) is 0. The van der Waals surface area contributed by atoms with Gasteiger partial charge in [0.2, 0.25) is 10.0 Å². The molecule has 0 fully saturated rings. The molecule has 0 aliphatic carbocycles. The first-order chi connectivity index (χ1) is 8.16. The maximum Gasteiger partial charge on any atom is 0.256 e. The normalized spacial score (nSPS) is 12.2. The van der Waals surface area contributed by atoms with Gasteiger partial charge in [-0.3, -0.25) is 4.79 Å². The number of rotatable bonds is 4. The van der Waals surface area contributed by atoms with Crippen LogP contribution in [0.5, 0.6) is 0 Å². The molecule has 18 heavy (non-hydrogen) atoms. The van der Waals surface area contributed by atoms with Crippen molar-refractivity contribution in [1.82, 2.24) is 0 Å². The van der Waals surface area contributed by atoms with Gasteiger partial charge in [-0.1, -0.05) is 0 Å². The Morgan fingerprint density at radius 1 is 1.28 bits per heavy atom. The number of benzene rings is 1. The fourth-order valence-electron chi connectivity index (χ4n) is 1.10. The Morgan fingerprint density at radius 3 is 2.17 bits per heavy atom. The molecule has 0 saturated carbocycles. The van der Waals surface area contributed by atoms with E-state index in [0.717, 1.165) is 0 Å². The second-order valence-corrected chi connectivity index (χ2v) is 5.80. The molecule has 0 aliphatic rings. The van der Waals surface area contributed by atoms with Gasteiger partial charge in [0.1, 0.15) is 5.60 Å². The van der Waals surface area contributed by atoms with E-state index in [1.54, 1.807) is 13.8 Å². The SMILES string of the molecule is COC(C)(C)C(=O)Nc1ccc(S(N)(=O)=O)cc1. The minimum Gasteiger partial charge on any atom is -0.369 e. The second kappa shape index (κ2) is 5.05. The van der Waals surface area contributed by atoms with Gasteiger partial charge in [0.05, 0.1) is 4.90 Å². The van der Waals surface area contributed by atoms with E-state index in [0.29, 0.717) is 5.69 Å². The summed E-state index contributed by atoms with van der Waals surface area (Å²) in [4.78, 5) is 11.8. The predicted molar refractivity (Wildman–Crippen MR) is 67.5 cm³/mol. The zero-order valence-corrected chi connectivity index (χ0v) is 11.2. The largest absolute Gasteiger partial charge is 0.369 e.